The summed E-state index contributed by atoms with van der Waals surface area (Å²) in [5.74, 6) is 0. The molecular weight excluding hydrogens is 311 g/mol. The van der Waals surface area contributed by atoms with Crippen molar-refractivity contribution in [1.29, 1.82) is 0 Å². The quantitative estimate of drug-likeness (QED) is 0.292. The second kappa shape index (κ2) is 19.8. The van der Waals surface area contributed by atoms with E-state index in [1.807, 2.05) is 36.4 Å². The van der Waals surface area contributed by atoms with Crippen molar-refractivity contribution in [2.24, 2.45) is 0 Å². The topological polar surface area (TPSA) is 0 Å². The maximum absolute atomic E-state index is 2.28. The Bertz CT molecular complexity index is 425. The SMILES string of the molecule is CCCCCCCCCCCCc1ccccc1.[Na].c1ccccc1. The predicted octanol–water partition coefficient (Wildman–Crippen LogP) is 7.46. The predicted molar refractivity (Wildman–Crippen MR) is 114 cm³/mol. The van der Waals surface area contributed by atoms with Gasteiger partial charge in [0.25, 0.3) is 0 Å². The van der Waals surface area contributed by atoms with Crippen LogP contribution in [0.25, 0.3) is 0 Å². The molecular formula is C24H36Na. The first-order chi connectivity index (χ1) is 11.9. The van der Waals surface area contributed by atoms with Crippen LogP contribution in [0.3, 0.4) is 0 Å². The third-order valence-electron chi connectivity index (χ3n) is 4.33. The summed E-state index contributed by atoms with van der Waals surface area (Å²) in [6.07, 6.45) is 15.5. The summed E-state index contributed by atoms with van der Waals surface area (Å²) in [5.41, 5.74) is 1.50. The molecule has 2 aromatic rings. The van der Waals surface area contributed by atoms with Crippen molar-refractivity contribution in [3.05, 3.63) is 72.3 Å². The van der Waals surface area contributed by atoms with Crippen LogP contribution in [0.15, 0.2) is 66.7 Å². The van der Waals surface area contributed by atoms with Gasteiger partial charge in [-0.15, -0.1) is 0 Å². The molecule has 0 bridgehead atoms. The van der Waals surface area contributed by atoms with Crippen molar-refractivity contribution in [1.82, 2.24) is 0 Å². The van der Waals surface area contributed by atoms with E-state index in [4.69, 9.17) is 0 Å². The van der Waals surface area contributed by atoms with Crippen LogP contribution in [0.5, 0.6) is 0 Å². The largest absolute Gasteiger partial charge is 0.0654 e. The minimum absolute atomic E-state index is 0. The van der Waals surface area contributed by atoms with Crippen LogP contribution in [-0.2, 0) is 6.42 Å². The molecule has 133 valence electrons. The molecule has 0 nitrogen and oxygen atoms in total. The zero-order valence-corrected chi connectivity index (χ0v) is 18.6. The number of hydrogen-bond acceptors (Lipinski definition) is 0. The van der Waals surface area contributed by atoms with Crippen molar-refractivity contribution in [2.75, 3.05) is 0 Å². The summed E-state index contributed by atoms with van der Waals surface area (Å²) in [5, 5.41) is 0. The normalized spacial score (nSPS) is 9.64. The van der Waals surface area contributed by atoms with E-state index in [0.717, 1.165) is 0 Å². The molecule has 2 rings (SSSR count). The molecule has 1 heteroatoms. The Labute approximate surface area is 178 Å². The number of benzene rings is 2. The van der Waals surface area contributed by atoms with Gasteiger partial charge in [-0.1, -0.05) is 131 Å². The Morgan fingerprint density at radius 3 is 1.28 bits per heavy atom. The molecule has 0 saturated heterocycles. The van der Waals surface area contributed by atoms with E-state index in [1.165, 1.54) is 76.2 Å². The van der Waals surface area contributed by atoms with E-state index in [9.17, 15) is 0 Å². The Morgan fingerprint density at radius 2 is 0.840 bits per heavy atom. The average molecular weight is 348 g/mol. The van der Waals surface area contributed by atoms with Gasteiger partial charge < -0.3 is 0 Å². The van der Waals surface area contributed by atoms with Gasteiger partial charge in [-0.05, 0) is 18.4 Å². The van der Waals surface area contributed by atoms with Gasteiger partial charge in [0.05, 0.1) is 0 Å². The molecule has 0 heterocycles. The molecule has 25 heavy (non-hydrogen) atoms. The van der Waals surface area contributed by atoms with Crippen molar-refractivity contribution in [3.8, 4) is 0 Å². The van der Waals surface area contributed by atoms with Crippen molar-refractivity contribution >= 4 is 29.6 Å². The molecule has 0 N–H and O–H groups in total. The van der Waals surface area contributed by atoms with Gasteiger partial charge >= 0.3 is 0 Å². The van der Waals surface area contributed by atoms with E-state index in [1.54, 1.807) is 0 Å². The minimum atomic E-state index is 0. The standard InChI is InChI=1S/C18H30.C6H6.Na/c1-2-3-4-5-6-7-8-9-10-12-15-18-16-13-11-14-17-18;1-2-4-6-5-3-1;/h11,13-14,16-17H,2-10,12,15H2,1H3;1-6H;. The maximum Gasteiger partial charge on any atom is 0 e. The van der Waals surface area contributed by atoms with Crippen LogP contribution >= 0.6 is 0 Å². The van der Waals surface area contributed by atoms with Crippen LogP contribution in [0.4, 0.5) is 0 Å². The molecule has 0 spiro atoms. The van der Waals surface area contributed by atoms with Crippen molar-refractivity contribution < 1.29 is 0 Å². The Hall–Kier alpha value is -0.560. The first-order valence-corrected chi connectivity index (χ1v) is 9.97. The Balaban J connectivity index is 0.000000693. The fourth-order valence-electron chi connectivity index (χ4n) is 2.85. The number of rotatable bonds is 11. The van der Waals surface area contributed by atoms with Gasteiger partial charge in [0.15, 0.2) is 0 Å². The first kappa shape index (κ1) is 24.4. The van der Waals surface area contributed by atoms with E-state index in [2.05, 4.69) is 37.3 Å². The first-order valence-electron chi connectivity index (χ1n) is 9.97. The van der Waals surface area contributed by atoms with Crippen LogP contribution < -0.4 is 0 Å². The zero-order chi connectivity index (χ0) is 17.1. The van der Waals surface area contributed by atoms with Gasteiger partial charge in [-0.25, -0.2) is 0 Å². The molecule has 2 aromatic carbocycles. The molecule has 0 aromatic heterocycles. The Morgan fingerprint density at radius 1 is 0.480 bits per heavy atom. The van der Waals surface area contributed by atoms with Crippen LogP contribution in [-0.4, -0.2) is 29.6 Å². The minimum Gasteiger partial charge on any atom is -0.0654 e. The maximum atomic E-state index is 2.28. The Kier molecular flexibility index (Phi) is 19.3. The van der Waals surface area contributed by atoms with E-state index >= 15 is 0 Å². The van der Waals surface area contributed by atoms with Gasteiger partial charge in [0, 0.05) is 29.6 Å². The summed E-state index contributed by atoms with van der Waals surface area (Å²) in [4.78, 5) is 0. The van der Waals surface area contributed by atoms with E-state index in [-0.39, 0.29) is 29.6 Å². The summed E-state index contributed by atoms with van der Waals surface area (Å²) in [7, 11) is 0. The molecule has 0 aliphatic carbocycles. The second-order valence-corrected chi connectivity index (χ2v) is 6.57. The fourth-order valence-corrected chi connectivity index (χ4v) is 2.85. The van der Waals surface area contributed by atoms with Crippen LogP contribution in [0.1, 0.15) is 76.7 Å². The molecule has 0 aliphatic rings. The van der Waals surface area contributed by atoms with E-state index < -0.39 is 0 Å². The number of unbranched alkanes of at least 4 members (excludes halogenated alkanes) is 9. The average Bonchev–Trinajstić information content (AvgIpc) is 2.66. The molecule has 0 unspecified atom stereocenters. The molecule has 0 atom stereocenters. The van der Waals surface area contributed by atoms with Crippen LogP contribution in [0, 0.1) is 0 Å². The molecule has 0 saturated carbocycles. The smallest absolute Gasteiger partial charge is 0 e. The third kappa shape index (κ3) is 16.6. The summed E-state index contributed by atoms with van der Waals surface area (Å²) >= 11 is 0. The zero-order valence-electron chi connectivity index (χ0n) is 16.6. The fraction of sp³-hybridized carbons (Fsp3) is 0.500. The third-order valence-corrected chi connectivity index (χ3v) is 4.33. The van der Waals surface area contributed by atoms with Gasteiger partial charge in [-0.3, -0.25) is 0 Å². The van der Waals surface area contributed by atoms with Gasteiger partial charge in [0.2, 0.25) is 0 Å². The molecule has 1 radical (unpaired) electrons. The summed E-state index contributed by atoms with van der Waals surface area (Å²) < 4.78 is 0. The number of aryl methyl sites for hydroxylation is 1. The molecule has 0 amide bonds. The van der Waals surface area contributed by atoms with Gasteiger partial charge in [-0.2, -0.15) is 0 Å². The van der Waals surface area contributed by atoms with Crippen molar-refractivity contribution in [2.45, 2.75) is 77.6 Å². The monoisotopic (exact) mass is 347 g/mol. The summed E-state index contributed by atoms with van der Waals surface area (Å²) in [6, 6.07) is 22.9. The molecule has 0 fully saturated rings. The second-order valence-electron chi connectivity index (χ2n) is 6.57. The molecule has 0 aliphatic heterocycles. The summed E-state index contributed by atoms with van der Waals surface area (Å²) in [6.45, 7) is 2.28. The van der Waals surface area contributed by atoms with Gasteiger partial charge in [0.1, 0.15) is 0 Å². The number of hydrogen-bond donors (Lipinski definition) is 0. The van der Waals surface area contributed by atoms with Crippen molar-refractivity contribution in [3.63, 3.8) is 0 Å². The van der Waals surface area contributed by atoms with Crippen LogP contribution in [0.2, 0.25) is 0 Å². The van der Waals surface area contributed by atoms with E-state index in [0.29, 0.717) is 0 Å².